The summed E-state index contributed by atoms with van der Waals surface area (Å²) in [6, 6.07) is 0. The van der Waals surface area contributed by atoms with Gasteiger partial charge >= 0.3 is 0 Å². The molecule has 82 valence electrons. The Bertz CT molecular complexity index is 546. The molecule has 2 aromatic heterocycles. The molecule has 5 nitrogen and oxygen atoms in total. The molecule has 4 N–H and O–H groups in total. The number of anilines is 1. The molecule has 2 rings (SSSR count). The summed E-state index contributed by atoms with van der Waals surface area (Å²) < 4.78 is 0. The Hall–Kier alpha value is -2.06. The molecule has 16 heavy (non-hydrogen) atoms. The van der Waals surface area contributed by atoms with E-state index >= 15 is 0 Å². The van der Waals surface area contributed by atoms with Gasteiger partial charge in [-0.2, -0.15) is 0 Å². The third-order valence-electron chi connectivity index (χ3n) is 2.22. The van der Waals surface area contributed by atoms with Gasteiger partial charge in [-0.1, -0.05) is 11.8 Å². The lowest BCUT2D eigenvalue weighted by Crippen LogP contribution is -2.05. The highest BCUT2D eigenvalue weighted by molar-refractivity contribution is 5.91. The maximum atomic E-state index is 5.78. The lowest BCUT2D eigenvalue weighted by atomic mass is 10.2. The molecule has 0 aliphatic carbocycles. The summed E-state index contributed by atoms with van der Waals surface area (Å²) in [5, 5.41) is 3.84. The number of aromatic nitrogens is 3. The molecule has 2 aromatic rings. The number of rotatable bonds is 2. The van der Waals surface area contributed by atoms with E-state index in [4.69, 9.17) is 5.73 Å². The number of aromatic amines is 1. The van der Waals surface area contributed by atoms with Crippen molar-refractivity contribution >= 4 is 16.9 Å². The second kappa shape index (κ2) is 4.64. The molecule has 0 saturated carbocycles. The van der Waals surface area contributed by atoms with Crippen LogP contribution in [0, 0.1) is 11.8 Å². The predicted octanol–water partition coefficient (Wildman–Crippen LogP) is 0.501. The van der Waals surface area contributed by atoms with Gasteiger partial charge in [0.25, 0.3) is 0 Å². The SMILES string of the molecule is CNCCC#Cc1c[nH]c2ncnc(N)c12. The van der Waals surface area contributed by atoms with Crippen LogP contribution in [0.15, 0.2) is 12.5 Å². The summed E-state index contributed by atoms with van der Waals surface area (Å²) in [7, 11) is 1.90. The fraction of sp³-hybridized carbons (Fsp3) is 0.273. The van der Waals surface area contributed by atoms with E-state index in [2.05, 4.69) is 32.1 Å². The van der Waals surface area contributed by atoms with E-state index in [1.165, 1.54) is 6.33 Å². The zero-order chi connectivity index (χ0) is 11.4. The van der Waals surface area contributed by atoms with Crippen LogP contribution in [-0.4, -0.2) is 28.5 Å². The second-order valence-electron chi connectivity index (χ2n) is 3.34. The molecule has 0 radical (unpaired) electrons. The number of hydrogen-bond acceptors (Lipinski definition) is 4. The Morgan fingerprint density at radius 3 is 3.19 bits per heavy atom. The first-order valence-electron chi connectivity index (χ1n) is 5.04. The maximum Gasteiger partial charge on any atom is 0.144 e. The number of hydrogen-bond donors (Lipinski definition) is 3. The van der Waals surface area contributed by atoms with Crippen LogP contribution in [0.2, 0.25) is 0 Å². The number of H-pyrrole nitrogens is 1. The maximum absolute atomic E-state index is 5.78. The molecule has 0 fully saturated rings. The van der Waals surface area contributed by atoms with Crippen molar-refractivity contribution in [1.82, 2.24) is 20.3 Å². The van der Waals surface area contributed by atoms with Gasteiger partial charge in [0.05, 0.1) is 10.9 Å². The molecule has 0 aromatic carbocycles. The highest BCUT2D eigenvalue weighted by atomic mass is 15.0. The van der Waals surface area contributed by atoms with Gasteiger partial charge in [-0.15, -0.1) is 0 Å². The van der Waals surface area contributed by atoms with E-state index in [9.17, 15) is 0 Å². The lowest BCUT2D eigenvalue weighted by Gasteiger charge is -1.93. The van der Waals surface area contributed by atoms with Crippen LogP contribution in [0.25, 0.3) is 11.0 Å². The molecule has 0 aliphatic heterocycles. The average Bonchev–Trinajstić information content (AvgIpc) is 2.69. The van der Waals surface area contributed by atoms with Crippen molar-refractivity contribution in [3.8, 4) is 11.8 Å². The monoisotopic (exact) mass is 215 g/mol. The van der Waals surface area contributed by atoms with Crippen LogP contribution in [0.4, 0.5) is 5.82 Å². The van der Waals surface area contributed by atoms with Gasteiger partial charge in [-0.3, -0.25) is 0 Å². The summed E-state index contributed by atoms with van der Waals surface area (Å²) in [5.74, 6) is 6.59. The number of nitrogens with one attached hydrogen (secondary N) is 2. The third kappa shape index (κ3) is 1.97. The van der Waals surface area contributed by atoms with Gasteiger partial charge in [0.1, 0.15) is 17.8 Å². The first kappa shape index (κ1) is 10.5. The molecule has 0 atom stereocenters. The minimum atomic E-state index is 0.462. The van der Waals surface area contributed by atoms with Crippen molar-refractivity contribution in [3.63, 3.8) is 0 Å². The van der Waals surface area contributed by atoms with Gasteiger partial charge in [0.15, 0.2) is 0 Å². The molecule has 0 spiro atoms. The Kier molecular flexibility index (Phi) is 3.03. The number of fused-ring (bicyclic) bond motifs is 1. The Labute approximate surface area is 93.5 Å². The summed E-state index contributed by atoms with van der Waals surface area (Å²) in [4.78, 5) is 11.1. The molecular formula is C11H13N5. The Balaban J connectivity index is 2.33. The van der Waals surface area contributed by atoms with Crippen LogP contribution >= 0.6 is 0 Å². The fourth-order valence-electron chi connectivity index (χ4n) is 1.43. The molecule has 5 heteroatoms. The highest BCUT2D eigenvalue weighted by Gasteiger charge is 2.06. The average molecular weight is 215 g/mol. The summed E-state index contributed by atoms with van der Waals surface area (Å²) in [6.07, 6.45) is 4.05. The van der Waals surface area contributed by atoms with Crippen molar-refractivity contribution in [3.05, 3.63) is 18.1 Å². The number of nitrogens with zero attached hydrogens (tertiary/aromatic N) is 2. The van der Waals surface area contributed by atoms with Crippen molar-refractivity contribution in [2.45, 2.75) is 6.42 Å². The van der Waals surface area contributed by atoms with Gasteiger partial charge in [-0.05, 0) is 7.05 Å². The van der Waals surface area contributed by atoms with E-state index < -0.39 is 0 Å². The third-order valence-corrected chi connectivity index (χ3v) is 2.22. The topological polar surface area (TPSA) is 79.6 Å². The highest BCUT2D eigenvalue weighted by Crippen LogP contribution is 2.19. The van der Waals surface area contributed by atoms with Crippen LogP contribution in [0.5, 0.6) is 0 Å². The van der Waals surface area contributed by atoms with Crippen LogP contribution in [-0.2, 0) is 0 Å². The summed E-state index contributed by atoms with van der Waals surface area (Å²) >= 11 is 0. The van der Waals surface area contributed by atoms with E-state index in [0.717, 1.165) is 29.6 Å². The summed E-state index contributed by atoms with van der Waals surface area (Å²) in [5.41, 5.74) is 7.36. The first-order valence-corrected chi connectivity index (χ1v) is 5.04. The van der Waals surface area contributed by atoms with Crippen LogP contribution in [0.3, 0.4) is 0 Å². The zero-order valence-corrected chi connectivity index (χ0v) is 9.04. The standard InChI is InChI=1S/C11H13N5/c1-13-5-3-2-4-8-6-14-11-9(8)10(12)15-7-16-11/h6-7,13H,3,5H2,1H3,(H3,12,14,15,16). The van der Waals surface area contributed by atoms with E-state index in [0.29, 0.717) is 5.82 Å². The molecule has 2 heterocycles. The van der Waals surface area contributed by atoms with E-state index in [-0.39, 0.29) is 0 Å². The quantitative estimate of drug-likeness (QED) is 0.503. The van der Waals surface area contributed by atoms with Crippen LogP contribution < -0.4 is 11.1 Å². The molecule has 0 bridgehead atoms. The Morgan fingerprint density at radius 2 is 2.38 bits per heavy atom. The van der Waals surface area contributed by atoms with Crippen molar-refractivity contribution < 1.29 is 0 Å². The minimum Gasteiger partial charge on any atom is -0.383 e. The number of nitrogens with two attached hydrogens (primary N) is 1. The second-order valence-corrected chi connectivity index (χ2v) is 3.34. The van der Waals surface area contributed by atoms with Crippen molar-refractivity contribution in [1.29, 1.82) is 0 Å². The molecule has 0 amide bonds. The van der Waals surface area contributed by atoms with Gasteiger partial charge in [0.2, 0.25) is 0 Å². The minimum absolute atomic E-state index is 0.462. The lowest BCUT2D eigenvalue weighted by molar-refractivity contribution is 0.818. The molecular weight excluding hydrogens is 202 g/mol. The van der Waals surface area contributed by atoms with Crippen LogP contribution in [0.1, 0.15) is 12.0 Å². The summed E-state index contributed by atoms with van der Waals surface area (Å²) in [6.45, 7) is 0.876. The van der Waals surface area contributed by atoms with E-state index in [1.54, 1.807) is 0 Å². The van der Waals surface area contributed by atoms with Gasteiger partial charge < -0.3 is 16.0 Å². The number of nitrogen functional groups attached to an aromatic ring is 1. The molecule has 0 aliphatic rings. The van der Waals surface area contributed by atoms with Crippen molar-refractivity contribution in [2.75, 3.05) is 19.3 Å². The zero-order valence-electron chi connectivity index (χ0n) is 9.04. The largest absolute Gasteiger partial charge is 0.383 e. The predicted molar refractivity (Wildman–Crippen MR) is 63.7 cm³/mol. The van der Waals surface area contributed by atoms with E-state index in [1.807, 2.05) is 13.2 Å². The normalized spacial score (nSPS) is 10.1. The Morgan fingerprint density at radius 1 is 1.50 bits per heavy atom. The smallest absolute Gasteiger partial charge is 0.144 e. The van der Waals surface area contributed by atoms with Crippen molar-refractivity contribution in [2.24, 2.45) is 0 Å². The first-order chi connectivity index (χ1) is 7.83. The van der Waals surface area contributed by atoms with Gasteiger partial charge in [-0.25, -0.2) is 9.97 Å². The fourth-order valence-corrected chi connectivity index (χ4v) is 1.43. The molecule has 0 unspecified atom stereocenters. The van der Waals surface area contributed by atoms with Gasteiger partial charge in [0, 0.05) is 19.2 Å². The molecule has 0 saturated heterocycles.